The third-order valence-corrected chi connectivity index (χ3v) is 3.36. The predicted molar refractivity (Wildman–Crippen MR) is 88.8 cm³/mol. The van der Waals surface area contributed by atoms with Crippen molar-refractivity contribution in [3.8, 4) is 11.4 Å². The van der Waals surface area contributed by atoms with Crippen molar-refractivity contribution >= 4 is 28.2 Å². The molecule has 0 unspecified atom stereocenters. The Morgan fingerprint density at radius 1 is 1.25 bits per heavy atom. The third-order valence-electron chi connectivity index (χ3n) is 3.36. The van der Waals surface area contributed by atoms with E-state index in [2.05, 4.69) is 15.3 Å². The summed E-state index contributed by atoms with van der Waals surface area (Å²) >= 11 is 0. The van der Waals surface area contributed by atoms with Gasteiger partial charge in [-0.1, -0.05) is 12.1 Å². The Balaban J connectivity index is 2.11. The zero-order valence-electron chi connectivity index (χ0n) is 12.6. The van der Waals surface area contributed by atoms with Gasteiger partial charge >= 0.3 is 0 Å². The van der Waals surface area contributed by atoms with Crippen LogP contribution in [0.15, 0.2) is 47.3 Å². The van der Waals surface area contributed by atoms with E-state index in [4.69, 9.17) is 0 Å². The second-order valence-corrected chi connectivity index (χ2v) is 5.14. The molecule has 0 aliphatic heterocycles. The van der Waals surface area contributed by atoms with Gasteiger partial charge in [0, 0.05) is 30.3 Å². The molecule has 3 aromatic rings. The molecule has 2 N–H and O–H groups in total. The molecule has 0 fully saturated rings. The molecule has 1 aromatic heterocycles. The number of H-pyrrole nitrogens is 1. The lowest BCUT2D eigenvalue weighted by Crippen LogP contribution is -2.11. The molecule has 8 nitrogen and oxygen atoms in total. The lowest BCUT2D eigenvalue weighted by Gasteiger charge is -2.06. The first kappa shape index (κ1) is 15.3. The molecule has 0 saturated heterocycles. The quantitative estimate of drug-likeness (QED) is 0.566. The minimum absolute atomic E-state index is 0.0868. The molecule has 0 spiro atoms. The summed E-state index contributed by atoms with van der Waals surface area (Å²) in [6.07, 6.45) is 0. The zero-order valence-corrected chi connectivity index (χ0v) is 12.6. The third kappa shape index (κ3) is 2.98. The van der Waals surface area contributed by atoms with Crippen LogP contribution in [0.2, 0.25) is 0 Å². The van der Waals surface area contributed by atoms with Crippen molar-refractivity contribution in [2.24, 2.45) is 0 Å². The number of non-ortho nitro benzene ring substituents is 1. The molecule has 1 heterocycles. The number of amides is 1. The summed E-state index contributed by atoms with van der Waals surface area (Å²) in [6, 6.07) is 10.6. The first-order chi connectivity index (χ1) is 11.4. The van der Waals surface area contributed by atoms with Crippen LogP contribution >= 0.6 is 0 Å². The van der Waals surface area contributed by atoms with E-state index < -0.39 is 10.5 Å². The van der Waals surface area contributed by atoms with Crippen molar-refractivity contribution in [1.82, 2.24) is 9.97 Å². The Labute approximate surface area is 135 Å². The van der Waals surface area contributed by atoms with Crippen LogP contribution in [0.1, 0.15) is 6.92 Å². The molecule has 0 aliphatic carbocycles. The number of aromatic amines is 1. The summed E-state index contributed by atoms with van der Waals surface area (Å²) in [6.45, 7) is 1.37. The highest BCUT2D eigenvalue weighted by Crippen LogP contribution is 2.22. The van der Waals surface area contributed by atoms with E-state index in [1.807, 2.05) is 0 Å². The fourth-order valence-corrected chi connectivity index (χ4v) is 2.32. The molecule has 24 heavy (non-hydrogen) atoms. The predicted octanol–water partition coefficient (Wildman–Crippen LogP) is 2.46. The van der Waals surface area contributed by atoms with Crippen LogP contribution in [0.3, 0.4) is 0 Å². The van der Waals surface area contributed by atoms with Crippen LogP contribution in [-0.4, -0.2) is 20.8 Å². The lowest BCUT2D eigenvalue weighted by molar-refractivity contribution is -0.384. The number of aromatic nitrogens is 2. The molecule has 3 rings (SSSR count). The standard InChI is InChI=1S/C16H12N4O4/c1-9(21)17-11-5-6-14-13(8-11)16(22)19-15(18-14)10-3-2-4-12(7-10)20(23)24/h2-8H,1H3,(H,17,21)(H,18,19,22). The summed E-state index contributed by atoms with van der Waals surface area (Å²) in [4.78, 5) is 40.7. The van der Waals surface area contributed by atoms with Gasteiger partial charge in [-0.15, -0.1) is 0 Å². The molecule has 120 valence electrons. The van der Waals surface area contributed by atoms with E-state index in [1.54, 1.807) is 18.2 Å². The van der Waals surface area contributed by atoms with E-state index >= 15 is 0 Å². The van der Waals surface area contributed by atoms with Crippen LogP contribution in [0.25, 0.3) is 22.3 Å². The van der Waals surface area contributed by atoms with Gasteiger partial charge in [0.25, 0.3) is 11.2 Å². The Hall–Kier alpha value is -3.55. The highest BCUT2D eigenvalue weighted by molar-refractivity contribution is 5.92. The van der Waals surface area contributed by atoms with Gasteiger partial charge in [0.2, 0.25) is 5.91 Å². The number of hydrogen-bond donors (Lipinski definition) is 2. The fraction of sp³-hybridized carbons (Fsp3) is 0.0625. The largest absolute Gasteiger partial charge is 0.326 e. The number of fused-ring (bicyclic) bond motifs is 1. The zero-order chi connectivity index (χ0) is 17.3. The molecule has 0 bridgehead atoms. The number of anilines is 1. The van der Waals surface area contributed by atoms with Crippen LogP contribution in [-0.2, 0) is 4.79 Å². The number of benzene rings is 2. The Kier molecular flexibility index (Phi) is 3.78. The van der Waals surface area contributed by atoms with Gasteiger partial charge in [-0.25, -0.2) is 4.98 Å². The maximum Gasteiger partial charge on any atom is 0.270 e. The number of carbonyl (C=O) groups excluding carboxylic acids is 1. The van der Waals surface area contributed by atoms with Crippen LogP contribution in [0.4, 0.5) is 11.4 Å². The van der Waals surface area contributed by atoms with Gasteiger partial charge in [-0.2, -0.15) is 0 Å². The summed E-state index contributed by atoms with van der Waals surface area (Å²) < 4.78 is 0. The van der Waals surface area contributed by atoms with Gasteiger partial charge in [0.1, 0.15) is 5.82 Å². The molecule has 8 heteroatoms. The van der Waals surface area contributed by atoms with Crippen LogP contribution in [0, 0.1) is 10.1 Å². The summed E-state index contributed by atoms with van der Waals surface area (Å²) in [7, 11) is 0. The minimum Gasteiger partial charge on any atom is -0.326 e. The molecular formula is C16H12N4O4. The summed E-state index contributed by atoms with van der Waals surface area (Å²) in [5.74, 6) is -0.00423. The molecule has 1 amide bonds. The van der Waals surface area contributed by atoms with Gasteiger partial charge < -0.3 is 10.3 Å². The Morgan fingerprint density at radius 3 is 2.75 bits per heavy atom. The molecule has 0 aliphatic rings. The first-order valence-corrected chi connectivity index (χ1v) is 7.00. The summed E-state index contributed by atoms with van der Waals surface area (Å²) in [5.41, 5.74) is 0.874. The average Bonchev–Trinajstić information content (AvgIpc) is 2.55. The normalized spacial score (nSPS) is 10.5. The number of rotatable bonds is 3. The SMILES string of the molecule is CC(=O)Nc1ccc2nc(-c3cccc([N+](=O)[O-])c3)[nH]c(=O)c2c1. The van der Waals surface area contributed by atoms with E-state index in [0.29, 0.717) is 22.2 Å². The number of nitrogens with zero attached hydrogens (tertiary/aromatic N) is 2. The number of carbonyl (C=O) groups is 1. The van der Waals surface area contributed by atoms with Crippen LogP contribution in [0.5, 0.6) is 0 Å². The maximum atomic E-state index is 12.3. The van der Waals surface area contributed by atoms with E-state index in [-0.39, 0.29) is 17.4 Å². The van der Waals surface area contributed by atoms with Crippen molar-refractivity contribution in [3.63, 3.8) is 0 Å². The topological polar surface area (TPSA) is 118 Å². The monoisotopic (exact) mass is 324 g/mol. The number of nitro groups is 1. The lowest BCUT2D eigenvalue weighted by atomic mass is 10.1. The molecular weight excluding hydrogens is 312 g/mol. The second kappa shape index (κ2) is 5.92. The van der Waals surface area contributed by atoms with Crippen molar-refractivity contribution < 1.29 is 9.72 Å². The smallest absolute Gasteiger partial charge is 0.270 e. The van der Waals surface area contributed by atoms with Crippen LogP contribution < -0.4 is 10.9 Å². The molecule has 2 aromatic carbocycles. The minimum atomic E-state index is -0.512. The van der Waals surface area contributed by atoms with E-state index in [1.165, 1.54) is 31.2 Å². The Bertz CT molecular complexity index is 1030. The van der Waals surface area contributed by atoms with Gasteiger partial charge in [-0.3, -0.25) is 19.7 Å². The number of nitro benzene ring substituents is 1. The van der Waals surface area contributed by atoms with E-state index in [0.717, 1.165) is 0 Å². The summed E-state index contributed by atoms with van der Waals surface area (Å²) in [5, 5.41) is 13.8. The van der Waals surface area contributed by atoms with Crippen molar-refractivity contribution in [1.29, 1.82) is 0 Å². The molecule has 0 atom stereocenters. The second-order valence-electron chi connectivity index (χ2n) is 5.14. The molecule has 0 radical (unpaired) electrons. The Morgan fingerprint density at radius 2 is 2.04 bits per heavy atom. The maximum absolute atomic E-state index is 12.3. The molecule has 0 saturated carbocycles. The van der Waals surface area contributed by atoms with Gasteiger partial charge in [-0.05, 0) is 18.2 Å². The van der Waals surface area contributed by atoms with Crippen molar-refractivity contribution in [2.75, 3.05) is 5.32 Å². The van der Waals surface area contributed by atoms with Crippen molar-refractivity contribution in [3.05, 3.63) is 62.9 Å². The van der Waals surface area contributed by atoms with Gasteiger partial charge in [0.05, 0.1) is 15.8 Å². The highest BCUT2D eigenvalue weighted by Gasteiger charge is 2.11. The van der Waals surface area contributed by atoms with Gasteiger partial charge in [0.15, 0.2) is 0 Å². The first-order valence-electron chi connectivity index (χ1n) is 7.00. The number of nitrogens with one attached hydrogen (secondary N) is 2. The van der Waals surface area contributed by atoms with Crippen molar-refractivity contribution in [2.45, 2.75) is 6.92 Å². The fourth-order valence-electron chi connectivity index (χ4n) is 2.32. The highest BCUT2D eigenvalue weighted by atomic mass is 16.6. The number of hydrogen-bond acceptors (Lipinski definition) is 5. The average molecular weight is 324 g/mol. The van der Waals surface area contributed by atoms with E-state index in [9.17, 15) is 19.7 Å².